The smallest absolute Gasteiger partial charge is 0.286 e. The number of rotatable bonds is 6. The van der Waals surface area contributed by atoms with Crippen molar-refractivity contribution in [1.82, 2.24) is 4.57 Å². The molecular weight excluding hydrogens is 405 g/mol. The maximum atomic E-state index is 12.9. The lowest BCUT2D eigenvalue weighted by molar-refractivity contribution is -0.120. The Morgan fingerprint density at radius 3 is 2.64 bits per heavy atom. The summed E-state index contributed by atoms with van der Waals surface area (Å²) in [5, 5.41) is 5.17. The molecule has 0 spiro atoms. The molecule has 3 rings (SSSR count). The van der Waals surface area contributed by atoms with Crippen LogP contribution < -0.4 is 14.7 Å². The molecule has 0 aliphatic heterocycles. The number of ether oxygens (including phenoxy) is 1. The summed E-state index contributed by atoms with van der Waals surface area (Å²) in [7, 11) is -3.84. The van der Waals surface area contributed by atoms with E-state index in [2.05, 4.69) is 11.6 Å². The number of primary sulfonamides is 1. The molecule has 10 heteroatoms. The number of hydrogen-bond acceptors (Lipinski definition) is 5. The molecule has 0 saturated carbocycles. The highest BCUT2D eigenvalue weighted by atomic mass is 32.2. The molecule has 146 valence electrons. The van der Waals surface area contributed by atoms with Crippen LogP contribution in [0.2, 0.25) is 0 Å². The highest BCUT2D eigenvalue weighted by Crippen LogP contribution is 2.21. The first-order valence-corrected chi connectivity index (χ1v) is 10.4. The molecule has 0 saturated heterocycles. The van der Waals surface area contributed by atoms with Gasteiger partial charge in [0, 0.05) is 6.54 Å². The summed E-state index contributed by atoms with van der Waals surface area (Å²) < 4.78 is 43.7. The molecule has 1 heterocycles. The van der Waals surface area contributed by atoms with E-state index in [1.165, 1.54) is 36.4 Å². The van der Waals surface area contributed by atoms with E-state index >= 15 is 0 Å². The Kier molecular flexibility index (Phi) is 5.73. The number of halogens is 1. The van der Waals surface area contributed by atoms with Crippen LogP contribution in [0.5, 0.6) is 5.75 Å². The number of amides is 1. The van der Waals surface area contributed by atoms with Gasteiger partial charge >= 0.3 is 0 Å². The van der Waals surface area contributed by atoms with Crippen molar-refractivity contribution in [1.29, 1.82) is 0 Å². The van der Waals surface area contributed by atoms with Crippen LogP contribution in [0.3, 0.4) is 0 Å². The van der Waals surface area contributed by atoms with Crippen molar-refractivity contribution in [2.75, 3.05) is 6.61 Å². The van der Waals surface area contributed by atoms with Gasteiger partial charge in [0.15, 0.2) is 11.4 Å². The number of benzene rings is 2. The summed E-state index contributed by atoms with van der Waals surface area (Å²) in [4.78, 5) is 16.6. The molecule has 0 radical (unpaired) electrons. The number of sulfonamides is 1. The van der Waals surface area contributed by atoms with Crippen molar-refractivity contribution in [3.05, 3.63) is 65.7 Å². The lowest BCUT2D eigenvalue weighted by Gasteiger charge is -2.03. The Labute approximate surface area is 164 Å². The molecule has 0 fully saturated rings. The van der Waals surface area contributed by atoms with Gasteiger partial charge < -0.3 is 9.30 Å². The fraction of sp³-hybridized carbons (Fsp3) is 0.111. The number of allylic oxidation sites excluding steroid dienone is 1. The Morgan fingerprint density at radius 2 is 2.00 bits per heavy atom. The minimum Gasteiger partial charge on any atom is -0.484 e. The average molecular weight is 421 g/mol. The summed E-state index contributed by atoms with van der Waals surface area (Å²) in [6, 6.07) is 9.71. The Balaban J connectivity index is 1.93. The number of fused-ring (bicyclic) bond motifs is 1. The zero-order valence-electron chi connectivity index (χ0n) is 14.5. The van der Waals surface area contributed by atoms with E-state index in [-0.39, 0.29) is 11.5 Å². The zero-order valence-corrected chi connectivity index (χ0v) is 16.2. The SMILES string of the molecule is C=CCn1c(=NC(=O)COc2ccc(F)cc2)sc2cc(S(N)(=O)=O)ccc21. The van der Waals surface area contributed by atoms with Crippen LogP contribution in [-0.2, 0) is 21.4 Å². The Bertz CT molecular complexity index is 1210. The molecule has 7 nitrogen and oxygen atoms in total. The lowest BCUT2D eigenvalue weighted by atomic mass is 10.3. The molecular formula is C18H16FN3O4S2. The molecule has 1 amide bonds. The third kappa shape index (κ3) is 4.53. The summed E-state index contributed by atoms with van der Waals surface area (Å²) in [5.74, 6) is -0.601. The molecule has 3 aromatic rings. The van der Waals surface area contributed by atoms with E-state index in [0.717, 1.165) is 11.3 Å². The van der Waals surface area contributed by atoms with Gasteiger partial charge in [-0.15, -0.1) is 6.58 Å². The summed E-state index contributed by atoms with van der Waals surface area (Å²) in [5.41, 5.74) is 0.698. The van der Waals surface area contributed by atoms with Gasteiger partial charge in [0.2, 0.25) is 10.0 Å². The molecule has 0 unspecified atom stereocenters. The first-order chi connectivity index (χ1) is 13.3. The van der Waals surface area contributed by atoms with Gasteiger partial charge in [0.25, 0.3) is 5.91 Å². The number of hydrogen-bond donors (Lipinski definition) is 1. The number of carbonyl (C=O) groups excluding carboxylic acids is 1. The number of carbonyl (C=O) groups is 1. The van der Waals surface area contributed by atoms with Gasteiger partial charge in [-0.3, -0.25) is 4.79 Å². The molecule has 0 bridgehead atoms. The highest BCUT2D eigenvalue weighted by Gasteiger charge is 2.13. The highest BCUT2D eigenvalue weighted by molar-refractivity contribution is 7.89. The maximum Gasteiger partial charge on any atom is 0.286 e. The van der Waals surface area contributed by atoms with E-state index in [1.807, 2.05) is 0 Å². The predicted molar refractivity (Wildman–Crippen MR) is 104 cm³/mol. The van der Waals surface area contributed by atoms with Gasteiger partial charge in [-0.25, -0.2) is 17.9 Å². The summed E-state index contributed by atoms with van der Waals surface area (Å²) in [6.45, 7) is 3.74. The van der Waals surface area contributed by atoms with Crippen molar-refractivity contribution in [3.63, 3.8) is 0 Å². The number of thiazole rings is 1. The van der Waals surface area contributed by atoms with Crippen LogP contribution in [0.1, 0.15) is 0 Å². The molecule has 0 aliphatic rings. The molecule has 2 N–H and O–H groups in total. The molecule has 2 aromatic carbocycles. The van der Waals surface area contributed by atoms with Crippen LogP contribution in [0.25, 0.3) is 10.2 Å². The summed E-state index contributed by atoms with van der Waals surface area (Å²) >= 11 is 1.15. The van der Waals surface area contributed by atoms with Crippen LogP contribution in [-0.4, -0.2) is 25.5 Å². The second kappa shape index (κ2) is 8.05. The van der Waals surface area contributed by atoms with Gasteiger partial charge in [0.1, 0.15) is 11.6 Å². The van der Waals surface area contributed by atoms with Crippen molar-refractivity contribution in [3.8, 4) is 5.75 Å². The number of nitrogens with zero attached hydrogens (tertiary/aromatic N) is 2. The van der Waals surface area contributed by atoms with Crippen LogP contribution in [0.15, 0.2) is 65.0 Å². The molecule has 0 aliphatic carbocycles. The van der Waals surface area contributed by atoms with Gasteiger partial charge in [-0.1, -0.05) is 17.4 Å². The quantitative estimate of drug-likeness (QED) is 0.616. The number of aromatic nitrogens is 1. The minimum atomic E-state index is -3.84. The van der Waals surface area contributed by atoms with Crippen LogP contribution >= 0.6 is 11.3 Å². The standard InChI is InChI=1S/C18H16FN3O4S2/c1-2-9-22-15-8-7-14(28(20,24)25)10-16(15)27-18(22)21-17(23)11-26-13-5-3-12(19)4-6-13/h2-8,10H,1,9,11H2,(H2,20,24,25). The van der Waals surface area contributed by atoms with E-state index in [9.17, 15) is 17.6 Å². The van der Waals surface area contributed by atoms with E-state index in [1.54, 1.807) is 16.7 Å². The Hall–Kier alpha value is -2.82. The van der Waals surface area contributed by atoms with Crippen molar-refractivity contribution in [2.45, 2.75) is 11.4 Å². The Morgan fingerprint density at radius 1 is 1.29 bits per heavy atom. The van der Waals surface area contributed by atoms with Gasteiger partial charge in [0.05, 0.1) is 15.1 Å². The van der Waals surface area contributed by atoms with Crippen LogP contribution in [0, 0.1) is 5.82 Å². The van der Waals surface area contributed by atoms with E-state index in [0.29, 0.717) is 27.3 Å². The van der Waals surface area contributed by atoms with E-state index in [4.69, 9.17) is 9.88 Å². The summed E-state index contributed by atoms with van der Waals surface area (Å²) in [6.07, 6.45) is 1.64. The lowest BCUT2D eigenvalue weighted by Crippen LogP contribution is -2.19. The van der Waals surface area contributed by atoms with Crippen molar-refractivity contribution < 1.29 is 22.3 Å². The van der Waals surface area contributed by atoms with Crippen LogP contribution in [0.4, 0.5) is 4.39 Å². The predicted octanol–water partition coefficient (Wildman–Crippen LogP) is 2.18. The monoisotopic (exact) mass is 421 g/mol. The maximum absolute atomic E-state index is 12.9. The topological polar surface area (TPSA) is 104 Å². The van der Waals surface area contributed by atoms with Crippen molar-refractivity contribution >= 4 is 37.5 Å². The first-order valence-electron chi connectivity index (χ1n) is 8.01. The molecule has 0 atom stereocenters. The third-order valence-electron chi connectivity index (χ3n) is 3.69. The number of nitrogens with two attached hydrogens (primary N) is 1. The zero-order chi connectivity index (χ0) is 20.3. The fourth-order valence-corrected chi connectivity index (χ4v) is 4.15. The second-order valence-corrected chi connectivity index (χ2v) is 8.28. The van der Waals surface area contributed by atoms with Gasteiger partial charge in [-0.05, 0) is 42.5 Å². The first kappa shape index (κ1) is 19.9. The second-order valence-electron chi connectivity index (χ2n) is 5.71. The minimum absolute atomic E-state index is 0.0236. The van der Waals surface area contributed by atoms with Crippen molar-refractivity contribution in [2.24, 2.45) is 10.1 Å². The molecule has 28 heavy (non-hydrogen) atoms. The normalized spacial score (nSPS) is 12.3. The third-order valence-corrected chi connectivity index (χ3v) is 5.64. The van der Waals surface area contributed by atoms with E-state index < -0.39 is 21.7 Å². The average Bonchev–Trinajstić information content (AvgIpc) is 2.97. The fourth-order valence-electron chi connectivity index (χ4n) is 2.44. The molecule has 1 aromatic heterocycles. The largest absolute Gasteiger partial charge is 0.484 e. The van der Waals surface area contributed by atoms with Gasteiger partial charge in [-0.2, -0.15) is 4.99 Å².